The normalized spacial score (nSPS) is 11.5. The van der Waals surface area contributed by atoms with Crippen molar-refractivity contribution in [3.8, 4) is 28.6 Å². The van der Waals surface area contributed by atoms with Crippen molar-refractivity contribution in [2.45, 2.75) is 12.9 Å². The molecule has 0 aliphatic heterocycles. The highest BCUT2D eigenvalue weighted by molar-refractivity contribution is 6.30. The van der Waals surface area contributed by atoms with Crippen LogP contribution in [0.5, 0.6) is 11.6 Å². The van der Waals surface area contributed by atoms with Gasteiger partial charge in [0.25, 0.3) is 0 Å². The molecule has 2 aromatic carbocycles. The van der Waals surface area contributed by atoms with Gasteiger partial charge in [0.05, 0.1) is 24.1 Å². The molecule has 4 aromatic rings. The Balaban J connectivity index is 1.59. The smallest absolute Gasteiger partial charge is 0.493 e. The number of nitrogens with zero attached hydrogens (tertiary/aromatic N) is 3. The number of rotatable bonds is 5. The largest absolute Gasteiger partial charge is 0.573 e. The summed E-state index contributed by atoms with van der Waals surface area (Å²) in [6, 6.07) is 15.3. The van der Waals surface area contributed by atoms with E-state index in [2.05, 4.69) is 9.72 Å². The van der Waals surface area contributed by atoms with Crippen LogP contribution in [0.25, 0.3) is 16.9 Å². The highest BCUT2D eigenvalue weighted by Crippen LogP contribution is 2.25. The van der Waals surface area contributed by atoms with E-state index >= 15 is 0 Å². The molecule has 0 aliphatic carbocycles. The van der Waals surface area contributed by atoms with E-state index in [9.17, 15) is 23.1 Å². The standard InChI is InChI=1S/C22H15ClF3N3O3/c23-16-3-1-15(2-4-16)19-11-14(9-10-27-19)12-28-13-20(30)29(21(28)31)17-5-7-18(8-6-17)32-22(24,25)26/h1-11,13,30H,12H2. The molecule has 10 heteroatoms. The molecular weight excluding hydrogens is 447 g/mol. The molecule has 0 radical (unpaired) electrons. The lowest BCUT2D eigenvalue weighted by molar-refractivity contribution is -0.274. The zero-order valence-corrected chi connectivity index (χ0v) is 17.0. The summed E-state index contributed by atoms with van der Waals surface area (Å²) in [4.78, 5) is 17.2. The molecule has 2 aromatic heterocycles. The zero-order chi connectivity index (χ0) is 22.9. The maximum atomic E-state index is 12.8. The monoisotopic (exact) mass is 461 g/mol. The molecular formula is C22H15ClF3N3O3. The first-order valence-electron chi connectivity index (χ1n) is 9.28. The summed E-state index contributed by atoms with van der Waals surface area (Å²) < 4.78 is 43.1. The second-order valence-electron chi connectivity index (χ2n) is 6.83. The minimum atomic E-state index is -4.82. The van der Waals surface area contributed by atoms with Crippen LogP contribution in [0, 0.1) is 0 Å². The van der Waals surface area contributed by atoms with Crippen LogP contribution in [0.15, 0.2) is 77.9 Å². The van der Waals surface area contributed by atoms with Gasteiger partial charge in [0.1, 0.15) is 5.75 Å². The van der Waals surface area contributed by atoms with Crippen LogP contribution >= 0.6 is 11.6 Å². The Morgan fingerprint density at radius 2 is 1.72 bits per heavy atom. The Labute approximate surface area is 184 Å². The first kappa shape index (κ1) is 21.5. The molecule has 1 N–H and O–H groups in total. The summed E-state index contributed by atoms with van der Waals surface area (Å²) in [5.74, 6) is -0.786. The number of hydrogen-bond acceptors (Lipinski definition) is 4. The third kappa shape index (κ3) is 4.78. The Hall–Kier alpha value is -3.72. The van der Waals surface area contributed by atoms with E-state index in [1.54, 1.807) is 24.4 Å². The van der Waals surface area contributed by atoms with Crippen molar-refractivity contribution in [1.82, 2.24) is 14.1 Å². The lowest BCUT2D eigenvalue weighted by Crippen LogP contribution is -2.23. The Kier molecular flexibility index (Phi) is 5.67. The summed E-state index contributed by atoms with van der Waals surface area (Å²) in [6.45, 7) is 0.151. The quantitative estimate of drug-likeness (QED) is 0.454. The van der Waals surface area contributed by atoms with E-state index in [4.69, 9.17) is 11.6 Å². The predicted molar refractivity (Wildman–Crippen MR) is 112 cm³/mol. The average molecular weight is 462 g/mol. The second-order valence-corrected chi connectivity index (χ2v) is 7.27. The molecule has 0 saturated heterocycles. The summed E-state index contributed by atoms with van der Waals surface area (Å²) in [6.07, 6.45) is -1.95. The van der Waals surface area contributed by atoms with Crippen LogP contribution in [0.2, 0.25) is 5.02 Å². The molecule has 0 bridgehead atoms. The van der Waals surface area contributed by atoms with Crippen molar-refractivity contribution in [2.24, 2.45) is 0 Å². The lowest BCUT2D eigenvalue weighted by atomic mass is 10.1. The Bertz CT molecular complexity index is 1300. The summed E-state index contributed by atoms with van der Waals surface area (Å²) in [7, 11) is 0. The lowest BCUT2D eigenvalue weighted by Gasteiger charge is -2.09. The first-order valence-corrected chi connectivity index (χ1v) is 9.65. The number of ether oxygens (including phenoxy) is 1. The number of aromatic nitrogens is 3. The van der Waals surface area contributed by atoms with Crippen LogP contribution in [0.3, 0.4) is 0 Å². The second kappa shape index (κ2) is 8.43. The molecule has 0 amide bonds. The van der Waals surface area contributed by atoms with Crippen molar-refractivity contribution in [1.29, 1.82) is 0 Å². The van der Waals surface area contributed by atoms with Gasteiger partial charge in [0.15, 0.2) is 0 Å². The third-order valence-electron chi connectivity index (χ3n) is 4.58. The Morgan fingerprint density at radius 3 is 2.38 bits per heavy atom. The van der Waals surface area contributed by atoms with Gasteiger partial charge in [-0.1, -0.05) is 23.7 Å². The molecule has 2 heterocycles. The highest BCUT2D eigenvalue weighted by atomic mass is 35.5. The van der Waals surface area contributed by atoms with Gasteiger partial charge in [-0.3, -0.25) is 9.55 Å². The van der Waals surface area contributed by atoms with Gasteiger partial charge in [-0.2, -0.15) is 0 Å². The van der Waals surface area contributed by atoms with E-state index in [1.807, 2.05) is 18.2 Å². The number of hydrogen-bond donors (Lipinski definition) is 1. The van der Waals surface area contributed by atoms with Gasteiger partial charge in [-0.05, 0) is 54.1 Å². The van der Waals surface area contributed by atoms with Gasteiger partial charge in [-0.25, -0.2) is 9.36 Å². The predicted octanol–water partition coefficient (Wildman–Crippen LogP) is 5.01. The first-order chi connectivity index (χ1) is 15.2. The molecule has 0 unspecified atom stereocenters. The summed E-state index contributed by atoms with van der Waals surface area (Å²) in [5.41, 5.74) is 1.94. The van der Waals surface area contributed by atoms with E-state index in [-0.39, 0.29) is 18.1 Å². The van der Waals surface area contributed by atoms with Crippen LogP contribution in [-0.2, 0) is 6.54 Å². The fourth-order valence-electron chi connectivity index (χ4n) is 3.18. The number of pyridine rings is 1. The molecule has 0 spiro atoms. The van der Waals surface area contributed by atoms with Crippen molar-refractivity contribution >= 4 is 11.6 Å². The van der Waals surface area contributed by atoms with Crippen molar-refractivity contribution in [2.75, 3.05) is 0 Å². The highest BCUT2D eigenvalue weighted by Gasteiger charge is 2.31. The maximum absolute atomic E-state index is 12.8. The molecule has 0 fully saturated rings. The van der Waals surface area contributed by atoms with Crippen LogP contribution < -0.4 is 10.4 Å². The fourth-order valence-corrected chi connectivity index (χ4v) is 3.31. The third-order valence-corrected chi connectivity index (χ3v) is 4.84. The van der Waals surface area contributed by atoms with Gasteiger partial charge in [-0.15, -0.1) is 13.2 Å². The van der Waals surface area contributed by atoms with Gasteiger partial charge in [0, 0.05) is 16.8 Å². The maximum Gasteiger partial charge on any atom is 0.573 e. The van der Waals surface area contributed by atoms with Crippen LogP contribution in [-0.4, -0.2) is 25.6 Å². The number of benzene rings is 2. The number of aromatic hydroxyl groups is 1. The SMILES string of the molecule is O=c1n(Cc2ccnc(-c3ccc(Cl)cc3)c2)cc(O)n1-c1ccc(OC(F)(F)F)cc1. The molecule has 6 nitrogen and oxygen atoms in total. The molecule has 0 saturated carbocycles. The average Bonchev–Trinajstić information content (AvgIpc) is 3.01. The molecule has 4 rings (SSSR count). The van der Waals surface area contributed by atoms with Gasteiger partial charge in [0.2, 0.25) is 5.88 Å². The van der Waals surface area contributed by atoms with Gasteiger partial charge >= 0.3 is 12.1 Å². The van der Waals surface area contributed by atoms with Crippen LogP contribution in [0.1, 0.15) is 5.56 Å². The molecule has 164 valence electrons. The zero-order valence-electron chi connectivity index (χ0n) is 16.3. The van der Waals surface area contributed by atoms with Crippen molar-refractivity contribution in [3.05, 3.63) is 94.1 Å². The van der Waals surface area contributed by atoms with Crippen molar-refractivity contribution < 1.29 is 23.0 Å². The van der Waals surface area contributed by atoms with Crippen molar-refractivity contribution in [3.63, 3.8) is 0 Å². The summed E-state index contributed by atoms with van der Waals surface area (Å²) in [5, 5.41) is 10.9. The molecule has 32 heavy (non-hydrogen) atoms. The van der Waals surface area contributed by atoms with Crippen LogP contribution in [0.4, 0.5) is 13.2 Å². The minimum absolute atomic E-state index is 0.151. The number of alkyl halides is 3. The molecule has 0 aliphatic rings. The molecule has 0 atom stereocenters. The van der Waals surface area contributed by atoms with E-state index in [0.717, 1.165) is 27.8 Å². The van der Waals surface area contributed by atoms with E-state index in [0.29, 0.717) is 10.7 Å². The number of imidazole rings is 1. The Morgan fingerprint density at radius 1 is 1.03 bits per heavy atom. The summed E-state index contributed by atoms with van der Waals surface area (Å²) >= 11 is 5.92. The van der Waals surface area contributed by atoms with E-state index in [1.165, 1.54) is 22.9 Å². The van der Waals surface area contributed by atoms with E-state index < -0.39 is 17.8 Å². The minimum Gasteiger partial charge on any atom is -0.493 e. The fraction of sp³-hybridized carbons (Fsp3) is 0.0909. The topological polar surface area (TPSA) is 69.3 Å². The number of halogens is 4. The van der Waals surface area contributed by atoms with Gasteiger partial charge < -0.3 is 9.84 Å².